The lowest BCUT2D eigenvalue weighted by Crippen LogP contribution is -2.49. The molecule has 424 valence electrons. The van der Waals surface area contributed by atoms with E-state index in [-0.39, 0.29) is 5.75 Å². The smallest absolute Gasteiger partial charge is 0.401 e. The summed E-state index contributed by atoms with van der Waals surface area (Å²) in [6, 6.07) is 58.7. The fraction of sp³-hybridized carbons (Fsp3) is 0.552. The van der Waals surface area contributed by atoms with E-state index in [1.165, 1.54) is 186 Å². The number of nitrogens with one attached hydrogen (secondary N) is 1. The van der Waals surface area contributed by atoms with Gasteiger partial charge in [-0.3, -0.25) is 0 Å². The van der Waals surface area contributed by atoms with Crippen LogP contribution in [0.4, 0.5) is 13.2 Å². The normalized spacial score (nSPS) is 13.3. The molecule has 5 rings (SSSR count). The predicted molar refractivity (Wildman–Crippen MR) is 348 cm³/mol. The third kappa shape index (κ3) is 17.6. The van der Waals surface area contributed by atoms with Crippen molar-refractivity contribution in [2.75, 3.05) is 0 Å². The van der Waals surface area contributed by atoms with Crippen LogP contribution in [0.3, 0.4) is 0 Å². The molecule has 0 saturated carbocycles. The summed E-state index contributed by atoms with van der Waals surface area (Å²) in [7, 11) is -10.2. The average Bonchev–Trinajstić information content (AvgIpc) is 3.47. The lowest BCUT2D eigenvalue weighted by Gasteiger charge is -2.36. The van der Waals surface area contributed by atoms with Gasteiger partial charge in [0, 0.05) is 0 Å². The monoisotopic (exact) mass is 1140 g/mol. The number of unbranched alkanes of at least 4 members (excludes halogenated alkanes) is 9. The summed E-state index contributed by atoms with van der Waals surface area (Å²) in [5.74, 6) is -0.135. The van der Waals surface area contributed by atoms with E-state index < -0.39 is 46.1 Å². The quantitative estimate of drug-likeness (QED) is 0.0314. The van der Waals surface area contributed by atoms with E-state index in [0.717, 1.165) is 10.6 Å². The maximum absolute atomic E-state index is 14.9. The third-order valence-corrected chi connectivity index (χ3v) is 40.6. The van der Waals surface area contributed by atoms with Crippen LogP contribution in [0.25, 0.3) is 0 Å². The van der Waals surface area contributed by atoms with Crippen LogP contribution in [0.1, 0.15) is 178 Å². The molecule has 0 aliphatic rings. The highest BCUT2D eigenvalue weighted by Gasteiger charge is 2.52. The fourth-order valence-corrected chi connectivity index (χ4v) is 36.9. The van der Waals surface area contributed by atoms with Crippen molar-refractivity contribution in [2.24, 2.45) is 0 Å². The number of hydrogen-bond donors (Lipinski definition) is 1. The predicted octanol–water partition coefficient (Wildman–Crippen LogP) is 18.6. The molecule has 10 heteroatoms. The molecule has 5 aromatic carbocycles. The second-order valence-corrected chi connectivity index (χ2v) is 42.1. The Morgan fingerprint density at radius 2 is 0.662 bits per heavy atom. The molecule has 0 amide bonds. The first-order valence-corrected chi connectivity index (χ1v) is 42.0. The minimum absolute atomic E-state index is 0.135. The standard InChI is InChI=1S/C67H103F3NOP2Si3/c1-10-19-49-75(50-20-11-2,51-21-12-3)62-43-37-58(38-44-62)73(59-39-45-63(46-40-59)76(52-22-13-4,53-23-14-5)54-24-15-6)71-74(60-33-29-28-30-34-60,66-36-32-31-35-65(66)72-67(68,69)70)61-41-47-64(48-42-61)77(55-25-16-7,56-26-17-8)57-27-18-9/h28-48,71H,10-27,49-57H2,1-9H3/q+1. The molecule has 5 aromatic rings. The van der Waals surface area contributed by atoms with Gasteiger partial charge in [0.1, 0.15) is 10.6 Å². The lowest BCUT2D eigenvalue weighted by molar-refractivity contribution is -0.274. The minimum Gasteiger partial charge on any atom is -0.401 e. The Hall–Kier alpha value is -2.84. The summed E-state index contributed by atoms with van der Waals surface area (Å²) in [4.78, 5) is 4.52. The van der Waals surface area contributed by atoms with E-state index in [4.69, 9.17) is 4.74 Å². The number of ether oxygens (including phenoxy) is 1. The molecule has 77 heavy (non-hydrogen) atoms. The maximum atomic E-state index is 14.9. The largest absolute Gasteiger partial charge is 0.573 e. The SMILES string of the molecule is CCCC[Si](CCCC)(CCCC)c1ccc(P(N[P+](c2ccccc2)(c2ccc([Si](CCCC)(CCCC)CCCC)cc2)c2ccccc2OC(F)(F)F)c2ccc([Si](CCCC)(CCCC)CCCC)cc2)cc1. The van der Waals surface area contributed by atoms with Crippen molar-refractivity contribution in [1.82, 2.24) is 4.86 Å². The van der Waals surface area contributed by atoms with Gasteiger partial charge >= 0.3 is 6.36 Å². The number of alkyl halides is 3. The number of benzene rings is 5. The minimum atomic E-state index is -4.88. The molecule has 2 nitrogen and oxygen atoms in total. The van der Waals surface area contributed by atoms with Crippen molar-refractivity contribution in [3.05, 3.63) is 127 Å². The van der Waals surface area contributed by atoms with Crippen molar-refractivity contribution >= 4 is 81.8 Å². The highest BCUT2D eigenvalue weighted by molar-refractivity contribution is 8.00. The van der Waals surface area contributed by atoms with Gasteiger partial charge in [0.05, 0.1) is 32.3 Å². The third-order valence-electron chi connectivity index (χ3n) is 17.3. The van der Waals surface area contributed by atoms with Gasteiger partial charge in [-0.2, -0.15) is 0 Å². The van der Waals surface area contributed by atoms with Crippen LogP contribution < -0.4 is 51.7 Å². The maximum Gasteiger partial charge on any atom is 0.573 e. The molecule has 0 fully saturated rings. The van der Waals surface area contributed by atoms with Gasteiger partial charge in [0.25, 0.3) is 0 Å². The van der Waals surface area contributed by atoms with Crippen molar-refractivity contribution < 1.29 is 17.9 Å². The zero-order valence-corrected chi connectivity index (χ0v) is 54.4. The number of rotatable bonds is 38. The van der Waals surface area contributed by atoms with Crippen LogP contribution in [-0.4, -0.2) is 30.6 Å². The van der Waals surface area contributed by atoms with Crippen LogP contribution >= 0.6 is 15.5 Å². The van der Waals surface area contributed by atoms with Gasteiger partial charge in [-0.25, -0.2) is 0 Å². The van der Waals surface area contributed by atoms with Crippen LogP contribution in [0.2, 0.25) is 54.4 Å². The zero-order valence-electron chi connectivity index (χ0n) is 49.7. The van der Waals surface area contributed by atoms with Crippen molar-refractivity contribution in [2.45, 2.75) is 239 Å². The van der Waals surface area contributed by atoms with Crippen LogP contribution in [0, 0.1) is 0 Å². The molecule has 0 radical (unpaired) electrons. The second kappa shape index (κ2) is 33.2. The van der Waals surface area contributed by atoms with Gasteiger partial charge in [0.15, 0.2) is 18.5 Å². The molecule has 0 saturated heterocycles. The van der Waals surface area contributed by atoms with Gasteiger partial charge in [0.2, 0.25) is 0 Å². The molecule has 1 N–H and O–H groups in total. The van der Waals surface area contributed by atoms with Gasteiger partial charge < -0.3 is 4.74 Å². The van der Waals surface area contributed by atoms with Crippen LogP contribution in [-0.2, 0) is 0 Å². The molecular weight excluding hydrogens is 1040 g/mol. The molecule has 0 heterocycles. The molecule has 1 atom stereocenters. The van der Waals surface area contributed by atoms with Gasteiger partial charge in [-0.05, 0) is 47.0 Å². The van der Waals surface area contributed by atoms with E-state index in [0.29, 0.717) is 5.30 Å². The summed E-state index contributed by atoms with van der Waals surface area (Å²) in [5, 5.41) is 9.67. The number of hydrogen-bond acceptors (Lipinski definition) is 2. The van der Waals surface area contributed by atoms with E-state index in [9.17, 15) is 13.2 Å². The summed E-state index contributed by atoms with van der Waals surface area (Å²) in [6.45, 7) is 21.0. The zero-order chi connectivity index (χ0) is 55.6. The Morgan fingerprint density at radius 3 is 0.974 bits per heavy atom. The topological polar surface area (TPSA) is 21.3 Å². The summed E-state index contributed by atoms with van der Waals surface area (Å²) < 4.78 is 49.9. The van der Waals surface area contributed by atoms with Gasteiger partial charge in [-0.1, -0.05) is 339 Å². The lowest BCUT2D eigenvalue weighted by atomic mass is 10.3. The highest BCUT2D eigenvalue weighted by atomic mass is 31.2. The molecule has 0 aliphatic heterocycles. The first-order valence-electron chi connectivity index (χ1n) is 31.0. The fourth-order valence-electron chi connectivity index (χ4n) is 12.6. The van der Waals surface area contributed by atoms with Gasteiger partial charge in [-0.15, -0.1) is 18.0 Å². The number of para-hydroxylation sites is 1. The van der Waals surface area contributed by atoms with Crippen molar-refractivity contribution in [1.29, 1.82) is 0 Å². The van der Waals surface area contributed by atoms with Crippen molar-refractivity contribution in [3.63, 3.8) is 0 Å². The van der Waals surface area contributed by atoms with Crippen LogP contribution in [0.15, 0.2) is 127 Å². The van der Waals surface area contributed by atoms with Crippen LogP contribution in [0.5, 0.6) is 5.75 Å². The van der Waals surface area contributed by atoms with E-state index in [1.54, 1.807) is 22.5 Å². The van der Waals surface area contributed by atoms with E-state index in [2.05, 4.69) is 164 Å². The Bertz CT molecular complexity index is 2240. The molecule has 1 unspecified atom stereocenters. The Balaban J connectivity index is 1.89. The Labute approximate surface area is 473 Å². The second-order valence-electron chi connectivity index (χ2n) is 22.9. The molecular formula is C67H103F3NOP2Si3+. The molecule has 0 spiro atoms. The summed E-state index contributed by atoms with van der Waals surface area (Å²) in [5.41, 5.74) is 0. The molecule has 0 aliphatic carbocycles. The number of halogens is 3. The summed E-state index contributed by atoms with van der Waals surface area (Å²) >= 11 is 0. The molecule has 0 aromatic heterocycles. The van der Waals surface area contributed by atoms with Crippen molar-refractivity contribution in [3.8, 4) is 5.75 Å². The Kier molecular flexibility index (Phi) is 28.0. The van der Waals surface area contributed by atoms with E-state index in [1.807, 2.05) is 18.2 Å². The Morgan fingerprint density at radius 1 is 0.377 bits per heavy atom. The molecule has 0 bridgehead atoms. The highest BCUT2D eigenvalue weighted by Crippen LogP contribution is 2.59. The summed E-state index contributed by atoms with van der Waals surface area (Å²) in [6.07, 6.45) is 17.2. The first-order chi connectivity index (χ1) is 37.3. The average molecular weight is 1140 g/mol. The van der Waals surface area contributed by atoms with E-state index >= 15 is 0 Å². The first kappa shape index (κ1) is 65.0.